The van der Waals surface area contributed by atoms with Gasteiger partial charge >= 0.3 is 5.97 Å². The van der Waals surface area contributed by atoms with Gasteiger partial charge in [0.25, 0.3) is 0 Å². The number of benzene rings is 1. The summed E-state index contributed by atoms with van der Waals surface area (Å²) < 4.78 is 23.0. The Morgan fingerprint density at radius 1 is 1.38 bits per heavy atom. The molecule has 0 aliphatic rings. The topological polar surface area (TPSA) is 90.6 Å². The highest BCUT2D eigenvalue weighted by Crippen LogP contribution is 2.17. The molecule has 0 radical (unpaired) electrons. The van der Waals surface area contributed by atoms with Crippen LogP contribution in [0.25, 0.3) is 0 Å². The Labute approximate surface area is 122 Å². The Balaban J connectivity index is 2.72. The van der Waals surface area contributed by atoms with E-state index in [0.717, 1.165) is 6.07 Å². The largest absolute Gasteiger partial charge is 0.465 e. The van der Waals surface area contributed by atoms with Crippen LogP contribution in [0.4, 0.5) is 10.1 Å². The normalized spacial score (nSPS) is 11.8. The van der Waals surface area contributed by atoms with Gasteiger partial charge in [-0.15, -0.1) is 0 Å². The molecule has 3 N–H and O–H groups in total. The van der Waals surface area contributed by atoms with E-state index in [4.69, 9.17) is 10.5 Å². The van der Waals surface area contributed by atoms with E-state index in [-0.39, 0.29) is 11.3 Å². The van der Waals surface area contributed by atoms with Crippen LogP contribution in [0, 0.1) is 5.82 Å². The van der Waals surface area contributed by atoms with Crippen LogP contribution in [0.15, 0.2) is 18.2 Å². The van der Waals surface area contributed by atoms with E-state index < -0.39 is 23.7 Å². The molecule has 116 valence electrons. The van der Waals surface area contributed by atoms with Crippen molar-refractivity contribution in [3.05, 3.63) is 29.6 Å². The number of carbonyl (C=O) groups excluding carboxylic acids is 2. The van der Waals surface area contributed by atoms with Crippen LogP contribution in [-0.2, 0) is 14.3 Å². The van der Waals surface area contributed by atoms with Gasteiger partial charge in [-0.25, -0.2) is 9.18 Å². The average molecular weight is 298 g/mol. The average Bonchev–Trinajstić information content (AvgIpc) is 2.48. The molecule has 0 spiro atoms. The minimum absolute atomic E-state index is 0.106. The molecule has 1 aromatic carbocycles. The standard InChI is InChI=1S/C14H19FN2O4/c1-20-7-3-4-11(16)13(18)17-12-8-9(14(19)21-2)5-6-10(12)15/h5-6,8,11H,3-4,7,16H2,1-2H3,(H,17,18). The summed E-state index contributed by atoms with van der Waals surface area (Å²) in [5.41, 5.74) is 5.73. The van der Waals surface area contributed by atoms with Crippen molar-refractivity contribution in [2.45, 2.75) is 18.9 Å². The highest BCUT2D eigenvalue weighted by atomic mass is 19.1. The lowest BCUT2D eigenvalue weighted by molar-refractivity contribution is -0.117. The first kappa shape index (κ1) is 17.1. The lowest BCUT2D eigenvalue weighted by Crippen LogP contribution is -2.36. The maximum absolute atomic E-state index is 13.6. The zero-order chi connectivity index (χ0) is 15.8. The molecule has 0 fully saturated rings. The number of hydrogen-bond acceptors (Lipinski definition) is 5. The third-order valence-electron chi connectivity index (χ3n) is 2.85. The van der Waals surface area contributed by atoms with Crippen molar-refractivity contribution < 1.29 is 23.5 Å². The number of ether oxygens (including phenoxy) is 2. The Bertz CT molecular complexity index is 508. The number of amides is 1. The van der Waals surface area contributed by atoms with E-state index in [1.807, 2.05) is 0 Å². The summed E-state index contributed by atoms with van der Waals surface area (Å²) in [6.45, 7) is 0.493. The highest BCUT2D eigenvalue weighted by Gasteiger charge is 2.16. The summed E-state index contributed by atoms with van der Waals surface area (Å²) in [4.78, 5) is 23.2. The summed E-state index contributed by atoms with van der Waals surface area (Å²) in [6, 6.07) is 2.79. The summed E-state index contributed by atoms with van der Waals surface area (Å²) >= 11 is 0. The number of rotatable bonds is 7. The molecule has 0 saturated heterocycles. The number of methoxy groups -OCH3 is 2. The fourth-order valence-corrected chi connectivity index (χ4v) is 1.67. The molecule has 1 atom stereocenters. The maximum atomic E-state index is 13.6. The van der Waals surface area contributed by atoms with Crippen LogP contribution in [0.3, 0.4) is 0 Å². The third kappa shape index (κ3) is 5.13. The lowest BCUT2D eigenvalue weighted by atomic mass is 10.1. The van der Waals surface area contributed by atoms with Crippen LogP contribution in [0.2, 0.25) is 0 Å². The first-order chi connectivity index (χ1) is 9.99. The second kappa shape index (κ2) is 8.33. The monoisotopic (exact) mass is 298 g/mol. The number of carbonyl (C=O) groups is 2. The molecule has 6 nitrogen and oxygen atoms in total. The molecule has 0 saturated carbocycles. The summed E-state index contributed by atoms with van der Waals surface area (Å²) in [5, 5.41) is 2.37. The molecule has 1 rings (SSSR count). The van der Waals surface area contributed by atoms with Crippen LogP contribution in [-0.4, -0.2) is 38.7 Å². The molecule has 0 heterocycles. The van der Waals surface area contributed by atoms with E-state index in [1.165, 1.54) is 19.2 Å². The summed E-state index contributed by atoms with van der Waals surface area (Å²) in [6.07, 6.45) is 1.04. The smallest absolute Gasteiger partial charge is 0.337 e. The van der Waals surface area contributed by atoms with Gasteiger partial charge in [0.2, 0.25) is 5.91 Å². The SMILES string of the molecule is COCCCC(N)C(=O)Nc1cc(C(=O)OC)ccc1F. The molecule has 0 bridgehead atoms. The quantitative estimate of drug-likeness (QED) is 0.585. The summed E-state index contributed by atoms with van der Waals surface area (Å²) in [7, 11) is 2.77. The second-order valence-corrected chi connectivity index (χ2v) is 4.42. The Hall–Kier alpha value is -1.99. The van der Waals surface area contributed by atoms with Gasteiger partial charge in [0.15, 0.2) is 0 Å². The van der Waals surface area contributed by atoms with Crippen LogP contribution >= 0.6 is 0 Å². The zero-order valence-electron chi connectivity index (χ0n) is 12.0. The molecule has 0 aromatic heterocycles. The second-order valence-electron chi connectivity index (χ2n) is 4.42. The summed E-state index contributed by atoms with van der Waals surface area (Å²) in [5.74, 6) is -1.79. The van der Waals surface area contributed by atoms with Gasteiger partial charge in [-0.3, -0.25) is 4.79 Å². The van der Waals surface area contributed by atoms with Crippen LogP contribution in [0.1, 0.15) is 23.2 Å². The zero-order valence-corrected chi connectivity index (χ0v) is 12.0. The minimum Gasteiger partial charge on any atom is -0.465 e. The van der Waals surface area contributed by atoms with Crippen molar-refractivity contribution in [2.75, 3.05) is 26.1 Å². The molecule has 1 amide bonds. The lowest BCUT2D eigenvalue weighted by Gasteiger charge is -2.13. The predicted octanol–water partition coefficient (Wildman–Crippen LogP) is 1.30. The van der Waals surface area contributed by atoms with E-state index in [2.05, 4.69) is 10.1 Å². The molecule has 21 heavy (non-hydrogen) atoms. The van der Waals surface area contributed by atoms with Gasteiger partial charge in [0.1, 0.15) is 5.82 Å². The van der Waals surface area contributed by atoms with E-state index in [1.54, 1.807) is 7.11 Å². The van der Waals surface area contributed by atoms with E-state index in [0.29, 0.717) is 19.4 Å². The first-order valence-electron chi connectivity index (χ1n) is 6.42. The Kier molecular flexibility index (Phi) is 6.77. The van der Waals surface area contributed by atoms with Gasteiger partial charge in [-0.1, -0.05) is 0 Å². The molecule has 1 unspecified atom stereocenters. The molecule has 0 aliphatic heterocycles. The Morgan fingerprint density at radius 3 is 2.71 bits per heavy atom. The van der Waals surface area contributed by atoms with Crippen LogP contribution < -0.4 is 11.1 Å². The highest BCUT2D eigenvalue weighted by molar-refractivity contribution is 5.96. The van der Waals surface area contributed by atoms with Crippen molar-refractivity contribution >= 4 is 17.6 Å². The third-order valence-corrected chi connectivity index (χ3v) is 2.85. The molecule has 0 aliphatic carbocycles. The Morgan fingerprint density at radius 2 is 2.10 bits per heavy atom. The molecule has 1 aromatic rings. The fourth-order valence-electron chi connectivity index (χ4n) is 1.67. The van der Waals surface area contributed by atoms with Crippen LogP contribution in [0.5, 0.6) is 0 Å². The predicted molar refractivity (Wildman–Crippen MR) is 75.5 cm³/mol. The fraction of sp³-hybridized carbons (Fsp3) is 0.429. The number of esters is 1. The van der Waals surface area contributed by atoms with Crippen molar-refractivity contribution in [1.82, 2.24) is 0 Å². The van der Waals surface area contributed by atoms with Gasteiger partial charge in [0, 0.05) is 13.7 Å². The van der Waals surface area contributed by atoms with Crippen molar-refractivity contribution in [2.24, 2.45) is 5.73 Å². The van der Waals surface area contributed by atoms with Gasteiger partial charge < -0.3 is 20.5 Å². The number of nitrogens with two attached hydrogens (primary N) is 1. The molecule has 7 heteroatoms. The number of anilines is 1. The van der Waals surface area contributed by atoms with Crippen molar-refractivity contribution in [3.63, 3.8) is 0 Å². The van der Waals surface area contributed by atoms with E-state index in [9.17, 15) is 14.0 Å². The number of nitrogens with one attached hydrogen (secondary N) is 1. The molecular weight excluding hydrogens is 279 g/mol. The van der Waals surface area contributed by atoms with Gasteiger partial charge in [0.05, 0.1) is 24.4 Å². The van der Waals surface area contributed by atoms with E-state index >= 15 is 0 Å². The van der Waals surface area contributed by atoms with Crippen molar-refractivity contribution in [1.29, 1.82) is 0 Å². The minimum atomic E-state index is -0.777. The van der Waals surface area contributed by atoms with Gasteiger partial charge in [-0.2, -0.15) is 0 Å². The number of hydrogen-bond donors (Lipinski definition) is 2. The first-order valence-corrected chi connectivity index (χ1v) is 6.42. The molecular formula is C14H19FN2O4. The number of halogens is 1. The maximum Gasteiger partial charge on any atom is 0.337 e. The van der Waals surface area contributed by atoms with Gasteiger partial charge in [-0.05, 0) is 31.0 Å². The van der Waals surface area contributed by atoms with Crippen molar-refractivity contribution in [3.8, 4) is 0 Å².